The molecule has 0 bridgehead atoms. The van der Waals surface area contributed by atoms with Gasteiger partial charge in [-0.05, 0) is 13.3 Å². The summed E-state index contributed by atoms with van der Waals surface area (Å²) in [5, 5.41) is 11.6. The first-order chi connectivity index (χ1) is 7.51. The number of halogens is 2. The first kappa shape index (κ1) is 15.2. The molecular weight excluding hydrogens is 218 g/mol. The maximum Gasteiger partial charge on any atom is 0.255 e. The molecule has 0 saturated carbocycles. The fourth-order valence-corrected chi connectivity index (χ4v) is 1.12. The van der Waals surface area contributed by atoms with E-state index in [1.54, 1.807) is 0 Å². The van der Waals surface area contributed by atoms with E-state index in [1.165, 1.54) is 0 Å². The summed E-state index contributed by atoms with van der Waals surface area (Å²) < 4.78 is 24.3. The Labute approximate surface area is 94.6 Å². The second-order valence-electron chi connectivity index (χ2n) is 3.64. The highest BCUT2D eigenvalue weighted by Crippen LogP contribution is 1.99. The fraction of sp³-hybridized carbons (Fsp3) is 0.900. The maximum absolute atomic E-state index is 12.1. The predicted octanol–water partition coefficient (Wildman–Crippen LogP) is 0.460. The summed E-state index contributed by atoms with van der Waals surface area (Å²) in [7, 11) is 0. The minimum absolute atomic E-state index is 0.0295. The molecule has 0 rings (SSSR count). The minimum atomic E-state index is -2.57. The van der Waals surface area contributed by atoms with E-state index in [-0.39, 0.29) is 25.7 Å². The van der Waals surface area contributed by atoms with Gasteiger partial charge < -0.3 is 15.3 Å². The van der Waals surface area contributed by atoms with Gasteiger partial charge in [-0.25, -0.2) is 8.78 Å². The number of nitrogens with zero attached hydrogens (tertiary/aromatic N) is 1. The van der Waals surface area contributed by atoms with Gasteiger partial charge in [0.25, 0.3) is 6.43 Å². The molecule has 0 fully saturated rings. The summed E-state index contributed by atoms with van der Waals surface area (Å²) in [5.74, 6) is -0.408. The van der Waals surface area contributed by atoms with Crippen molar-refractivity contribution in [2.75, 3.05) is 26.2 Å². The van der Waals surface area contributed by atoms with Crippen molar-refractivity contribution >= 4 is 5.91 Å². The van der Waals surface area contributed by atoms with Crippen LogP contribution in [0.2, 0.25) is 0 Å². The van der Waals surface area contributed by atoms with Crippen LogP contribution >= 0.6 is 0 Å². The second-order valence-corrected chi connectivity index (χ2v) is 3.64. The number of aliphatic hydroxyl groups excluding tert-OH is 1. The number of hydrogen-bond donors (Lipinski definition) is 2. The van der Waals surface area contributed by atoms with E-state index >= 15 is 0 Å². The molecule has 0 aromatic rings. The normalized spacial score (nSPS) is 12.9. The summed E-state index contributed by atoms with van der Waals surface area (Å²) >= 11 is 0. The van der Waals surface area contributed by atoms with Crippen LogP contribution in [0.25, 0.3) is 0 Å². The maximum atomic E-state index is 12.1. The van der Waals surface area contributed by atoms with E-state index in [9.17, 15) is 13.6 Å². The average Bonchev–Trinajstić information content (AvgIpc) is 2.24. The van der Waals surface area contributed by atoms with Gasteiger partial charge in [0.1, 0.15) is 0 Å². The Bertz CT molecular complexity index is 203. The van der Waals surface area contributed by atoms with Crippen molar-refractivity contribution in [1.29, 1.82) is 0 Å². The van der Waals surface area contributed by atoms with Crippen molar-refractivity contribution in [2.24, 2.45) is 0 Å². The average molecular weight is 238 g/mol. The quantitative estimate of drug-likeness (QED) is 0.646. The molecule has 1 atom stereocenters. The van der Waals surface area contributed by atoms with Crippen LogP contribution in [-0.4, -0.2) is 54.6 Å². The smallest absolute Gasteiger partial charge is 0.255 e. The lowest BCUT2D eigenvalue weighted by Gasteiger charge is -2.22. The van der Waals surface area contributed by atoms with Crippen molar-refractivity contribution in [3.63, 3.8) is 0 Å². The first-order valence-corrected chi connectivity index (χ1v) is 5.41. The highest BCUT2D eigenvalue weighted by Gasteiger charge is 2.17. The van der Waals surface area contributed by atoms with Crippen LogP contribution in [0.4, 0.5) is 8.78 Å². The number of nitrogens with one attached hydrogen (secondary N) is 1. The third kappa shape index (κ3) is 6.68. The lowest BCUT2D eigenvalue weighted by Crippen LogP contribution is -2.43. The molecule has 4 nitrogen and oxygen atoms in total. The van der Waals surface area contributed by atoms with Gasteiger partial charge in [0.2, 0.25) is 5.91 Å². The van der Waals surface area contributed by atoms with Crippen molar-refractivity contribution in [1.82, 2.24) is 10.2 Å². The van der Waals surface area contributed by atoms with E-state index < -0.39 is 18.9 Å². The van der Waals surface area contributed by atoms with Gasteiger partial charge >= 0.3 is 0 Å². The summed E-state index contributed by atoms with van der Waals surface area (Å²) in [5.41, 5.74) is 0. The number of hydrogen-bond acceptors (Lipinski definition) is 3. The minimum Gasteiger partial charge on any atom is -0.395 e. The van der Waals surface area contributed by atoms with E-state index in [0.29, 0.717) is 0 Å². The fourth-order valence-electron chi connectivity index (χ4n) is 1.12. The monoisotopic (exact) mass is 238 g/mol. The molecule has 1 unspecified atom stereocenters. The standard InChI is InChI=1S/C10H20F2N2O2/c1-3-8(2)13-6-10(16)14(4-5-15)7-9(11)12/h8-9,13,15H,3-7H2,1-2H3. The Balaban J connectivity index is 4.05. The van der Waals surface area contributed by atoms with Gasteiger partial charge in [-0.15, -0.1) is 0 Å². The molecule has 0 aliphatic heterocycles. The van der Waals surface area contributed by atoms with Crippen LogP contribution in [0.1, 0.15) is 20.3 Å². The first-order valence-electron chi connectivity index (χ1n) is 5.41. The molecular formula is C10H20F2N2O2. The van der Waals surface area contributed by atoms with Crippen molar-refractivity contribution < 1.29 is 18.7 Å². The zero-order valence-corrected chi connectivity index (χ0v) is 9.75. The molecule has 96 valence electrons. The molecule has 0 radical (unpaired) electrons. The molecule has 1 amide bonds. The highest BCUT2D eigenvalue weighted by atomic mass is 19.3. The summed E-state index contributed by atoms with van der Waals surface area (Å²) in [4.78, 5) is 12.5. The van der Waals surface area contributed by atoms with Crippen molar-refractivity contribution in [2.45, 2.75) is 32.7 Å². The van der Waals surface area contributed by atoms with E-state index in [4.69, 9.17) is 5.11 Å². The third-order valence-electron chi connectivity index (χ3n) is 2.30. The molecule has 16 heavy (non-hydrogen) atoms. The van der Waals surface area contributed by atoms with Crippen LogP contribution in [-0.2, 0) is 4.79 Å². The molecule has 0 aromatic carbocycles. The van der Waals surface area contributed by atoms with Gasteiger partial charge in [-0.1, -0.05) is 6.92 Å². The zero-order valence-electron chi connectivity index (χ0n) is 9.75. The molecule has 2 N–H and O–H groups in total. The molecule has 6 heteroatoms. The Kier molecular flexibility index (Phi) is 8.01. The zero-order chi connectivity index (χ0) is 12.6. The van der Waals surface area contributed by atoms with Gasteiger partial charge in [0.15, 0.2) is 0 Å². The van der Waals surface area contributed by atoms with Gasteiger partial charge in [0.05, 0.1) is 19.7 Å². The number of rotatable bonds is 8. The van der Waals surface area contributed by atoms with E-state index in [2.05, 4.69) is 5.32 Å². The van der Waals surface area contributed by atoms with Crippen LogP contribution in [0.3, 0.4) is 0 Å². The summed E-state index contributed by atoms with van der Waals surface area (Å²) in [6.45, 7) is 2.93. The summed E-state index contributed by atoms with van der Waals surface area (Å²) in [6.07, 6.45) is -1.71. The molecule has 0 aliphatic rings. The Hall–Kier alpha value is -0.750. The van der Waals surface area contributed by atoms with E-state index in [1.807, 2.05) is 13.8 Å². The number of carbonyl (C=O) groups excluding carboxylic acids is 1. The molecule has 0 heterocycles. The topological polar surface area (TPSA) is 52.6 Å². The lowest BCUT2D eigenvalue weighted by atomic mass is 10.2. The predicted molar refractivity (Wildman–Crippen MR) is 57.4 cm³/mol. The van der Waals surface area contributed by atoms with Gasteiger partial charge in [0, 0.05) is 12.6 Å². The Morgan fingerprint density at radius 1 is 1.50 bits per heavy atom. The SMILES string of the molecule is CCC(C)NCC(=O)N(CCO)CC(F)F. The molecule has 0 saturated heterocycles. The highest BCUT2D eigenvalue weighted by molar-refractivity contribution is 5.78. The Morgan fingerprint density at radius 2 is 2.12 bits per heavy atom. The molecule has 0 aliphatic carbocycles. The summed E-state index contributed by atoms with van der Waals surface area (Å²) in [6, 6.07) is 0.173. The molecule has 0 aromatic heterocycles. The van der Waals surface area contributed by atoms with Crippen LogP contribution < -0.4 is 5.32 Å². The van der Waals surface area contributed by atoms with Gasteiger partial charge in [-0.3, -0.25) is 4.79 Å². The van der Waals surface area contributed by atoms with Crippen molar-refractivity contribution in [3.05, 3.63) is 0 Å². The van der Waals surface area contributed by atoms with Crippen LogP contribution in [0.15, 0.2) is 0 Å². The van der Waals surface area contributed by atoms with Gasteiger partial charge in [-0.2, -0.15) is 0 Å². The third-order valence-corrected chi connectivity index (χ3v) is 2.30. The lowest BCUT2D eigenvalue weighted by molar-refractivity contribution is -0.132. The second kappa shape index (κ2) is 8.41. The number of amides is 1. The van der Waals surface area contributed by atoms with E-state index in [0.717, 1.165) is 11.3 Å². The number of alkyl halides is 2. The van der Waals surface area contributed by atoms with Crippen molar-refractivity contribution in [3.8, 4) is 0 Å². The number of aliphatic hydroxyl groups is 1. The largest absolute Gasteiger partial charge is 0.395 e. The number of carbonyl (C=O) groups is 1. The Morgan fingerprint density at radius 3 is 2.56 bits per heavy atom. The van der Waals surface area contributed by atoms with Crippen LogP contribution in [0.5, 0.6) is 0 Å². The molecule has 0 spiro atoms. The van der Waals surface area contributed by atoms with Crippen LogP contribution in [0, 0.1) is 0 Å².